The first-order valence-electron chi connectivity index (χ1n) is 7.26. The van der Waals surface area contributed by atoms with Gasteiger partial charge in [-0.25, -0.2) is 0 Å². The molecule has 2 unspecified atom stereocenters. The first-order chi connectivity index (χ1) is 9.22. The molecule has 0 aromatic heterocycles. The van der Waals surface area contributed by atoms with E-state index in [0.29, 0.717) is 19.3 Å². The molecular formula is C16H25NO2. The van der Waals surface area contributed by atoms with E-state index in [9.17, 15) is 0 Å². The van der Waals surface area contributed by atoms with Crippen molar-refractivity contribution >= 4 is 0 Å². The number of ether oxygens (including phenoxy) is 2. The van der Waals surface area contributed by atoms with Gasteiger partial charge in [-0.05, 0) is 31.5 Å². The molecule has 0 saturated carbocycles. The lowest BCUT2D eigenvalue weighted by molar-refractivity contribution is -0.0207. The number of nitrogens with one attached hydrogen (secondary N) is 1. The van der Waals surface area contributed by atoms with E-state index in [1.165, 1.54) is 11.1 Å². The van der Waals surface area contributed by atoms with Crippen molar-refractivity contribution < 1.29 is 9.47 Å². The highest BCUT2D eigenvalue weighted by Gasteiger charge is 2.32. The fraction of sp³-hybridized carbons (Fsp3) is 0.625. The Morgan fingerprint density at radius 1 is 1.26 bits per heavy atom. The lowest BCUT2D eigenvalue weighted by Gasteiger charge is -2.22. The van der Waals surface area contributed by atoms with E-state index in [4.69, 9.17) is 9.47 Å². The largest absolute Gasteiger partial charge is 0.376 e. The first kappa shape index (κ1) is 14.5. The number of benzene rings is 1. The Bertz CT molecular complexity index is 392. The van der Waals surface area contributed by atoms with Crippen LogP contribution in [0, 0.1) is 0 Å². The Morgan fingerprint density at radius 2 is 2.05 bits per heavy atom. The fourth-order valence-electron chi connectivity index (χ4n) is 2.66. The van der Waals surface area contributed by atoms with Crippen molar-refractivity contribution in [1.29, 1.82) is 0 Å². The summed E-state index contributed by atoms with van der Waals surface area (Å²) in [5, 5.41) is 3.53. The predicted octanol–water partition coefficient (Wildman–Crippen LogP) is 2.70. The third-order valence-corrected chi connectivity index (χ3v) is 3.47. The summed E-state index contributed by atoms with van der Waals surface area (Å²) in [4.78, 5) is 0. The van der Waals surface area contributed by atoms with Crippen LogP contribution in [0.5, 0.6) is 0 Å². The number of fused-ring (bicyclic) bond motifs is 1. The van der Waals surface area contributed by atoms with Crippen LogP contribution in [0.4, 0.5) is 0 Å². The molecule has 19 heavy (non-hydrogen) atoms. The van der Waals surface area contributed by atoms with E-state index in [0.717, 1.165) is 13.0 Å². The minimum atomic E-state index is 0.230. The Morgan fingerprint density at radius 3 is 2.79 bits per heavy atom. The van der Waals surface area contributed by atoms with Gasteiger partial charge >= 0.3 is 0 Å². The SMILES string of the molecule is CCNC1c2ccccc2CC1OCCOC(C)C. The molecule has 1 aliphatic carbocycles. The zero-order valence-electron chi connectivity index (χ0n) is 12.2. The standard InChI is InChI=1S/C16H25NO2/c1-4-17-16-14-8-6-5-7-13(14)11-15(16)19-10-9-18-12(2)3/h5-8,12,15-17H,4,9-11H2,1-3H3. The van der Waals surface area contributed by atoms with Crippen molar-refractivity contribution in [1.82, 2.24) is 5.32 Å². The van der Waals surface area contributed by atoms with Gasteiger partial charge in [-0.15, -0.1) is 0 Å². The molecular weight excluding hydrogens is 238 g/mol. The highest BCUT2D eigenvalue weighted by atomic mass is 16.5. The van der Waals surface area contributed by atoms with Gasteiger partial charge in [0.15, 0.2) is 0 Å². The van der Waals surface area contributed by atoms with Crippen LogP contribution in [0.15, 0.2) is 24.3 Å². The van der Waals surface area contributed by atoms with Crippen LogP contribution < -0.4 is 5.32 Å². The molecule has 0 radical (unpaired) electrons. The van der Waals surface area contributed by atoms with Gasteiger partial charge in [-0.3, -0.25) is 0 Å². The second-order valence-electron chi connectivity index (χ2n) is 5.27. The smallest absolute Gasteiger partial charge is 0.0811 e. The maximum atomic E-state index is 6.01. The monoisotopic (exact) mass is 263 g/mol. The quantitative estimate of drug-likeness (QED) is 0.767. The van der Waals surface area contributed by atoms with E-state index >= 15 is 0 Å². The van der Waals surface area contributed by atoms with Crippen molar-refractivity contribution in [2.24, 2.45) is 0 Å². The third kappa shape index (κ3) is 3.78. The van der Waals surface area contributed by atoms with Crippen LogP contribution in [-0.2, 0) is 15.9 Å². The van der Waals surface area contributed by atoms with Crippen LogP contribution in [0.3, 0.4) is 0 Å². The average molecular weight is 263 g/mol. The number of hydrogen-bond donors (Lipinski definition) is 1. The molecule has 2 atom stereocenters. The zero-order chi connectivity index (χ0) is 13.7. The second kappa shape index (κ2) is 7.04. The summed E-state index contributed by atoms with van der Waals surface area (Å²) in [7, 11) is 0. The zero-order valence-corrected chi connectivity index (χ0v) is 12.2. The van der Waals surface area contributed by atoms with Gasteiger partial charge in [-0.2, -0.15) is 0 Å². The number of rotatable bonds is 7. The summed E-state index contributed by atoms with van der Waals surface area (Å²) in [6.45, 7) is 8.53. The summed E-state index contributed by atoms with van der Waals surface area (Å²) in [6, 6.07) is 8.93. The molecule has 0 spiro atoms. The van der Waals surface area contributed by atoms with E-state index in [2.05, 4.69) is 36.5 Å². The van der Waals surface area contributed by atoms with Crippen molar-refractivity contribution in [3.8, 4) is 0 Å². The summed E-state index contributed by atoms with van der Waals surface area (Å²) in [5.74, 6) is 0. The maximum absolute atomic E-state index is 6.01. The van der Waals surface area contributed by atoms with Gasteiger partial charge in [0.05, 0.1) is 31.5 Å². The summed E-state index contributed by atoms with van der Waals surface area (Å²) in [6.07, 6.45) is 1.50. The Kier molecular flexibility index (Phi) is 5.37. The van der Waals surface area contributed by atoms with Gasteiger partial charge < -0.3 is 14.8 Å². The summed E-state index contributed by atoms with van der Waals surface area (Å²) < 4.78 is 11.5. The lowest BCUT2D eigenvalue weighted by Crippen LogP contribution is -2.31. The molecule has 1 N–H and O–H groups in total. The number of hydrogen-bond acceptors (Lipinski definition) is 3. The van der Waals surface area contributed by atoms with E-state index < -0.39 is 0 Å². The molecule has 0 aliphatic heterocycles. The van der Waals surface area contributed by atoms with Gasteiger partial charge in [-0.1, -0.05) is 31.2 Å². The second-order valence-corrected chi connectivity index (χ2v) is 5.27. The lowest BCUT2D eigenvalue weighted by atomic mass is 10.1. The summed E-state index contributed by atoms with van der Waals surface area (Å²) in [5.41, 5.74) is 2.79. The minimum Gasteiger partial charge on any atom is -0.376 e. The fourth-order valence-corrected chi connectivity index (χ4v) is 2.66. The Hall–Kier alpha value is -0.900. The van der Waals surface area contributed by atoms with Crippen molar-refractivity contribution in [3.63, 3.8) is 0 Å². The van der Waals surface area contributed by atoms with Crippen LogP contribution in [0.1, 0.15) is 37.9 Å². The normalized spacial score (nSPS) is 21.9. The predicted molar refractivity (Wildman–Crippen MR) is 77.4 cm³/mol. The maximum Gasteiger partial charge on any atom is 0.0811 e. The highest BCUT2D eigenvalue weighted by Crippen LogP contribution is 2.33. The van der Waals surface area contributed by atoms with Crippen LogP contribution in [0.25, 0.3) is 0 Å². The van der Waals surface area contributed by atoms with E-state index in [1.807, 2.05) is 13.8 Å². The average Bonchev–Trinajstić information content (AvgIpc) is 2.74. The topological polar surface area (TPSA) is 30.5 Å². The van der Waals surface area contributed by atoms with E-state index in [-0.39, 0.29) is 12.2 Å². The van der Waals surface area contributed by atoms with Crippen molar-refractivity contribution in [3.05, 3.63) is 35.4 Å². The molecule has 0 bridgehead atoms. The molecule has 1 aromatic carbocycles. The van der Waals surface area contributed by atoms with Gasteiger partial charge in [0.1, 0.15) is 0 Å². The molecule has 2 rings (SSSR count). The first-order valence-corrected chi connectivity index (χ1v) is 7.26. The van der Waals surface area contributed by atoms with Gasteiger partial charge in [0, 0.05) is 6.42 Å². The van der Waals surface area contributed by atoms with Gasteiger partial charge in [0.2, 0.25) is 0 Å². The molecule has 0 fully saturated rings. The molecule has 0 amide bonds. The van der Waals surface area contributed by atoms with Crippen LogP contribution >= 0.6 is 0 Å². The Balaban J connectivity index is 1.91. The summed E-state index contributed by atoms with van der Waals surface area (Å²) >= 11 is 0. The van der Waals surface area contributed by atoms with E-state index in [1.54, 1.807) is 0 Å². The minimum absolute atomic E-state index is 0.230. The molecule has 3 nitrogen and oxygen atoms in total. The van der Waals surface area contributed by atoms with Crippen LogP contribution in [0.2, 0.25) is 0 Å². The molecule has 106 valence electrons. The molecule has 1 aliphatic rings. The Labute approximate surface area is 116 Å². The highest BCUT2D eigenvalue weighted by molar-refractivity contribution is 5.36. The molecule has 1 aromatic rings. The number of likely N-dealkylation sites (N-methyl/N-ethyl adjacent to an activating group) is 1. The third-order valence-electron chi connectivity index (χ3n) is 3.47. The van der Waals surface area contributed by atoms with Crippen molar-refractivity contribution in [2.45, 2.75) is 45.4 Å². The molecule has 0 saturated heterocycles. The molecule has 0 heterocycles. The molecule has 3 heteroatoms. The van der Waals surface area contributed by atoms with Crippen LogP contribution in [-0.4, -0.2) is 32.0 Å². The van der Waals surface area contributed by atoms with Crippen molar-refractivity contribution in [2.75, 3.05) is 19.8 Å². The van der Waals surface area contributed by atoms with Gasteiger partial charge in [0.25, 0.3) is 0 Å².